The average Bonchev–Trinajstić information content (AvgIpc) is 3.00. The average molecular weight is 380 g/mol. The van der Waals surface area contributed by atoms with Gasteiger partial charge in [0, 0.05) is 28.3 Å². The molecule has 3 rings (SSSR count). The Kier molecular flexibility index (Phi) is 5.59. The molecule has 5 nitrogen and oxygen atoms in total. The van der Waals surface area contributed by atoms with E-state index in [4.69, 9.17) is 4.74 Å². The lowest BCUT2D eigenvalue weighted by Crippen LogP contribution is -2.15. The molecule has 3 aromatic rings. The monoisotopic (exact) mass is 380 g/mol. The largest absolute Gasteiger partial charge is 0.465 e. The quantitative estimate of drug-likeness (QED) is 0.511. The van der Waals surface area contributed by atoms with Crippen LogP contribution in [0.2, 0.25) is 0 Å². The van der Waals surface area contributed by atoms with Crippen LogP contribution in [0.25, 0.3) is 5.69 Å². The fourth-order valence-corrected chi connectivity index (χ4v) is 3.18. The third kappa shape index (κ3) is 3.96. The van der Waals surface area contributed by atoms with E-state index in [0.717, 1.165) is 17.1 Å². The highest BCUT2D eigenvalue weighted by atomic mass is 19.1. The normalized spacial score (nSPS) is 10.6. The number of rotatable bonds is 6. The van der Waals surface area contributed by atoms with E-state index < -0.39 is 5.97 Å². The van der Waals surface area contributed by atoms with Crippen LogP contribution in [0, 0.1) is 19.7 Å². The van der Waals surface area contributed by atoms with Gasteiger partial charge in [-0.2, -0.15) is 0 Å². The van der Waals surface area contributed by atoms with Gasteiger partial charge in [-0.1, -0.05) is 6.07 Å². The number of ether oxygens (including phenoxy) is 1. The zero-order valence-corrected chi connectivity index (χ0v) is 16.0. The van der Waals surface area contributed by atoms with Crippen molar-refractivity contribution in [2.45, 2.75) is 13.8 Å². The fourth-order valence-electron chi connectivity index (χ4n) is 3.18. The summed E-state index contributed by atoms with van der Waals surface area (Å²) in [6.45, 7) is 3.85. The SMILES string of the molecule is COC(=O)c1cccc(NCC(=O)c2cc(C)n(-c3ccc(F)cc3)c2C)c1. The molecule has 0 atom stereocenters. The summed E-state index contributed by atoms with van der Waals surface area (Å²) in [4.78, 5) is 24.4. The lowest BCUT2D eigenvalue weighted by atomic mass is 10.1. The molecule has 1 heterocycles. The van der Waals surface area contributed by atoms with E-state index in [1.54, 1.807) is 36.4 Å². The molecule has 28 heavy (non-hydrogen) atoms. The highest BCUT2D eigenvalue weighted by Crippen LogP contribution is 2.22. The van der Waals surface area contributed by atoms with Crippen LogP contribution in [-0.2, 0) is 4.74 Å². The van der Waals surface area contributed by atoms with Crippen molar-refractivity contribution in [3.05, 3.63) is 82.9 Å². The van der Waals surface area contributed by atoms with Crippen LogP contribution in [0.3, 0.4) is 0 Å². The molecule has 0 saturated carbocycles. The van der Waals surface area contributed by atoms with Crippen LogP contribution >= 0.6 is 0 Å². The predicted molar refractivity (Wildman–Crippen MR) is 106 cm³/mol. The molecule has 0 bridgehead atoms. The van der Waals surface area contributed by atoms with Crippen LogP contribution in [0.15, 0.2) is 54.6 Å². The molecule has 0 aliphatic carbocycles. The molecule has 2 aromatic carbocycles. The summed E-state index contributed by atoms with van der Waals surface area (Å²) in [5.41, 5.74) is 4.14. The maximum Gasteiger partial charge on any atom is 0.337 e. The Hall–Kier alpha value is -3.41. The summed E-state index contributed by atoms with van der Waals surface area (Å²) in [6, 6.07) is 14.8. The molecular formula is C22H21FN2O3. The molecule has 0 aliphatic heterocycles. The van der Waals surface area contributed by atoms with Gasteiger partial charge < -0.3 is 14.6 Å². The lowest BCUT2D eigenvalue weighted by molar-refractivity contribution is 0.0600. The van der Waals surface area contributed by atoms with Gasteiger partial charge in [0.1, 0.15) is 5.82 Å². The van der Waals surface area contributed by atoms with Gasteiger partial charge in [-0.15, -0.1) is 0 Å². The Labute approximate surface area is 162 Å². The number of Topliss-reactive ketones (excluding diaryl/α,β-unsaturated/α-hetero) is 1. The number of hydrogen-bond donors (Lipinski definition) is 1. The third-order valence-electron chi connectivity index (χ3n) is 4.55. The molecule has 1 N–H and O–H groups in total. The highest BCUT2D eigenvalue weighted by molar-refractivity contribution is 6.00. The highest BCUT2D eigenvalue weighted by Gasteiger charge is 2.17. The van der Waals surface area contributed by atoms with Crippen molar-refractivity contribution in [1.82, 2.24) is 4.57 Å². The van der Waals surface area contributed by atoms with Gasteiger partial charge in [-0.25, -0.2) is 9.18 Å². The number of nitrogens with zero attached hydrogens (tertiary/aromatic N) is 1. The topological polar surface area (TPSA) is 60.3 Å². The molecule has 0 radical (unpaired) electrons. The number of nitrogens with one attached hydrogen (secondary N) is 1. The van der Waals surface area contributed by atoms with Gasteiger partial charge in [0.05, 0.1) is 19.2 Å². The van der Waals surface area contributed by atoms with Crippen molar-refractivity contribution in [1.29, 1.82) is 0 Å². The van der Waals surface area contributed by atoms with E-state index in [1.165, 1.54) is 19.2 Å². The fraction of sp³-hybridized carbons (Fsp3) is 0.182. The first-order valence-corrected chi connectivity index (χ1v) is 8.81. The number of halogens is 1. The number of anilines is 1. The molecule has 1 aromatic heterocycles. The summed E-state index contributed by atoms with van der Waals surface area (Å²) in [5, 5.41) is 3.05. The summed E-state index contributed by atoms with van der Waals surface area (Å²) in [6.07, 6.45) is 0. The number of carbonyl (C=O) groups excluding carboxylic acids is 2. The Morgan fingerprint density at radius 3 is 2.46 bits per heavy atom. The van der Waals surface area contributed by atoms with Gasteiger partial charge in [-0.3, -0.25) is 4.79 Å². The lowest BCUT2D eigenvalue weighted by Gasteiger charge is -2.10. The van der Waals surface area contributed by atoms with Crippen LogP contribution in [0.5, 0.6) is 0 Å². The minimum absolute atomic E-state index is 0.0788. The maximum atomic E-state index is 13.2. The van der Waals surface area contributed by atoms with Crippen molar-refractivity contribution in [3.63, 3.8) is 0 Å². The van der Waals surface area contributed by atoms with Gasteiger partial charge in [0.25, 0.3) is 0 Å². The molecule has 144 valence electrons. The van der Waals surface area contributed by atoms with Gasteiger partial charge >= 0.3 is 5.97 Å². The summed E-state index contributed by atoms with van der Waals surface area (Å²) < 4.78 is 19.8. The number of hydrogen-bond acceptors (Lipinski definition) is 4. The Balaban J connectivity index is 1.78. The molecule has 6 heteroatoms. The van der Waals surface area contributed by atoms with E-state index in [-0.39, 0.29) is 18.1 Å². The predicted octanol–water partition coefficient (Wildman–Crippen LogP) is 4.31. The minimum atomic E-state index is -0.433. The molecule has 0 spiro atoms. The number of aryl methyl sites for hydroxylation is 1. The zero-order chi connectivity index (χ0) is 20.3. The van der Waals surface area contributed by atoms with Crippen LogP contribution in [0.1, 0.15) is 32.1 Å². The first-order valence-electron chi connectivity index (χ1n) is 8.81. The molecule has 0 unspecified atom stereocenters. The van der Waals surface area contributed by atoms with Crippen molar-refractivity contribution in [2.75, 3.05) is 19.0 Å². The number of carbonyl (C=O) groups is 2. The first kappa shape index (κ1) is 19.4. The first-order chi connectivity index (χ1) is 13.4. The summed E-state index contributed by atoms with van der Waals surface area (Å²) in [5.74, 6) is -0.816. The van der Waals surface area contributed by atoms with Crippen LogP contribution < -0.4 is 5.32 Å². The molecule has 0 fully saturated rings. The summed E-state index contributed by atoms with van der Waals surface area (Å²) in [7, 11) is 1.32. The second kappa shape index (κ2) is 8.08. The van der Waals surface area contributed by atoms with E-state index in [2.05, 4.69) is 5.32 Å². The number of esters is 1. The van der Waals surface area contributed by atoms with Gasteiger partial charge in [0.15, 0.2) is 5.78 Å². The maximum absolute atomic E-state index is 13.2. The molecule has 0 amide bonds. The molecular weight excluding hydrogens is 359 g/mol. The standard InChI is InChI=1S/C22H21FN2O3/c1-14-11-20(15(2)25(14)19-9-7-17(23)8-10-19)21(26)13-24-18-6-4-5-16(12-18)22(27)28-3/h4-12,24H,13H2,1-3H3. The number of aromatic nitrogens is 1. The van der Waals surface area contributed by atoms with E-state index in [0.29, 0.717) is 16.8 Å². The Bertz CT molecular complexity index is 1020. The number of methoxy groups -OCH3 is 1. The van der Waals surface area contributed by atoms with Crippen LogP contribution in [-0.4, -0.2) is 30.0 Å². The second-order valence-electron chi connectivity index (χ2n) is 6.45. The Morgan fingerprint density at radius 1 is 1.07 bits per heavy atom. The molecule has 0 aliphatic rings. The number of benzene rings is 2. The smallest absolute Gasteiger partial charge is 0.337 e. The van der Waals surface area contributed by atoms with E-state index in [9.17, 15) is 14.0 Å². The minimum Gasteiger partial charge on any atom is -0.465 e. The Morgan fingerprint density at radius 2 is 1.79 bits per heavy atom. The van der Waals surface area contributed by atoms with Crippen molar-refractivity contribution in [3.8, 4) is 5.69 Å². The van der Waals surface area contributed by atoms with Gasteiger partial charge in [0.2, 0.25) is 0 Å². The van der Waals surface area contributed by atoms with E-state index in [1.807, 2.05) is 24.5 Å². The van der Waals surface area contributed by atoms with Crippen molar-refractivity contribution in [2.24, 2.45) is 0 Å². The van der Waals surface area contributed by atoms with E-state index >= 15 is 0 Å². The third-order valence-corrected chi connectivity index (χ3v) is 4.55. The van der Waals surface area contributed by atoms with Crippen LogP contribution in [0.4, 0.5) is 10.1 Å². The van der Waals surface area contributed by atoms with Gasteiger partial charge in [-0.05, 0) is 62.4 Å². The van der Waals surface area contributed by atoms with Crippen molar-refractivity contribution >= 4 is 17.4 Å². The second-order valence-corrected chi connectivity index (χ2v) is 6.45. The molecule has 0 saturated heterocycles. The number of ketones is 1. The van der Waals surface area contributed by atoms with Crippen molar-refractivity contribution < 1.29 is 18.7 Å². The summed E-state index contributed by atoms with van der Waals surface area (Å²) >= 11 is 0. The zero-order valence-electron chi connectivity index (χ0n) is 16.0.